The second-order valence-corrected chi connectivity index (χ2v) is 6.90. The van der Waals surface area contributed by atoms with Gasteiger partial charge in [-0.2, -0.15) is 0 Å². The van der Waals surface area contributed by atoms with E-state index in [0.29, 0.717) is 18.0 Å². The Kier molecular flexibility index (Phi) is 7.48. The van der Waals surface area contributed by atoms with Crippen LogP contribution in [0.5, 0.6) is 11.5 Å². The third-order valence-corrected chi connectivity index (χ3v) is 4.82. The molecule has 8 nitrogen and oxygen atoms in total. The van der Waals surface area contributed by atoms with Crippen molar-refractivity contribution in [1.29, 1.82) is 0 Å². The molecule has 0 atom stereocenters. The minimum Gasteiger partial charge on any atom is -0.494 e. The lowest BCUT2D eigenvalue weighted by atomic mass is 10.1. The van der Waals surface area contributed by atoms with Gasteiger partial charge in [0.05, 0.1) is 17.1 Å². The topological polar surface area (TPSA) is 91.1 Å². The first-order chi connectivity index (χ1) is 14.6. The molecule has 30 heavy (non-hydrogen) atoms. The molecule has 160 valence electrons. The van der Waals surface area contributed by atoms with Crippen molar-refractivity contribution in [3.8, 4) is 11.5 Å². The van der Waals surface area contributed by atoms with Crippen LogP contribution in [-0.4, -0.2) is 43.8 Å². The number of carbonyl (C=O) groups excluding carboxylic acids is 1. The van der Waals surface area contributed by atoms with Crippen molar-refractivity contribution >= 4 is 17.3 Å². The summed E-state index contributed by atoms with van der Waals surface area (Å²) in [6.07, 6.45) is 3.15. The highest BCUT2D eigenvalue weighted by molar-refractivity contribution is 5.91. The normalized spacial score (nSPS) is 13.6. The van der Waals surface area contributed by atoms with Crippen LogP contribution in [0.2, 0.25) is 0 Å². The maximum Gasteiger partial charge on any atom is 0.338 e. The molecule has 1 aliphatic heterocycles. The molecule has 1 aliphatic rings. The van der Waals surface area contributed by atoms with Crippen molar-refractivity contribution in [3.63, 3.8) is 0 Å². The van der Waals surface area contributed by atoms with E-state index >= 15 is 0 Å². The molecular weight excluding hydrogens is 388 g/mol. The van der Waals surface area contributed by atoms with Crippen LogP contribution in [0.3, 0.4) is 0 Å². The van der Waals surface area contributed by atoms with E-state index in [1.807, 2.05) is 11.8 Å². The number of hydrogen-bond donors (Lipinski definition) is 0. The van der Waals surface area contributed by atoms with Crippen LogP contribution >= 0.6 is 0 Å². The SMILES string of the molecule is CCOc1ccc(OCCOC(=O)c2ccc(N3CCCCC3)c([N+](=O)[O-])c2)cc1. The molecule has 0 radical (unpaired) electrons. The van der Waals surface area contributed by atoms with Crippen LogP contribution in [0.25, 0.3) is 0 Å². The van der Waals surface area contributed by atoms with E-state index < -0.39 is 10.9 Å². The summed E-state index contributed by atoms with van der Waals surface area (Å²) in [5.74, 6) is 0.778. The summed E-state index contributed by atoms with van der Waals surface area (Å²) in [5.41, 5.74) is 0.635. The van der Waals surface area contributed by atoms with Gasteiger partial charge in [0, 0.05) is 19.2 Å². The molecule has 0 amide bonds. The second-order valence-electron chi connectivity index (χ2n) is 6.90. The van der Waals surface area contributed by atoms with Gasteiger partial charge in [-0.3, -0.25) is 10.1 Å². The predicted molar refractivity (Wildman–Crippen MR) is 113 cm³/mol. The Morgan fingerprint density at radius 3 is 2.30 bits per heavy atom. The number of nitrogens with zero attached hydrogens (tertiary/aromatic N) is 2. The zero-order chi connectivity index (χ0) is 21.3. The van der Waals surface area contributed by atoms with E-state index in [-0.39, 0.29) is 24.5 Å². The molecule has 0 saturated carbocycles. The van der Waals surface area contributed by atoms with Gasteiger partial charge in [0.15, 0.2) is 0 Å². The molecule has 8 heteroatoms. The minimum atomic E-state index is -0.612. The number of benzene rings is 2. The van der Waals surface area contributed by atoms with Crippen molar-refractivity contribution < 1.29 is 23.9 Å². The summed E-state index contributed by atoms with van der Waals surface area (Å²) >= 11 is 0. The molecule has 2 aromatic rings. The summed E-state index contributed by atoms with van der Waals surface area (Å²) in [5, 5.41) is 11.5. The van der Waals surface area contributed by atoms with Crippen LogP contribution in [0.1, 0.15) is 36.5 Å². The maximum absolute atomic E-state index is 12.3. The first-order valence-electron chi connectivity index (χ1n) is 10.1. The molecule has 3 rings (SSSR count). The fraction of sp³-hybridized carbons (Fsp3) is 0.409. The number of rotatable bonds is 9. The van der Waals surface area contributed by atoms with Gasteiger partial charge in [0.25, 0.3) is 5.69 Å². The number of nitro benzene ring substituents is 1. The number of hydrogen-bond acceptors (Lipinski definition) is 7. The van der Waals surface area contributed by atoms with Crippen LogP contribution in [0, 0.1) is 10.1 Å². The first kappa shape index (κ1) is 21.4. The van der Waals surface area contributed by atoms with Crippen molar-refractivity contribution in [2.24, 2.45) is 0 Å². The van der Waals surface area contributed by atoms with Crippen LogP contribution in [0.15, 0.2) is 42.5 Å². The van der Waals surface area contributed by atoms with E-state index in [2.05, 4.69) is 0 Å². The predicted octanol–water partition coefficient (Wildman–Crippen LogP) is 4.22. The Bertz CT molecular complexity index is 862. The van der Waals surface area contributed by atoms with E-state index in [9.17, 15) is 14.9 Å². The number of esters is 1. The molecule has 1 fully saturated rings. The van der Waals surface area contributed by atoms with Crippen molar-refractivity contribution in [2.45, 2.75) is 26.2 Å². The Balaban J connectivity index is 1.54. The summed E-state index contributed by atoms with van der Waals surface area (Å²) in [7, 11) is 0. The Hall–Kier alpha value is -3.29. The Morgan fingerprint density at radius 1 is 1.00 bits per heavy atom. The quantitative estimate of drug-likeness (QED) is 0.263. The Labute approximate surface area is 175 Å². The van der Waals surface area contributed by atoms with Crippen molar-refractivity contribution in [1.82, 2.24) is 0 Å². The lowest BCUT2D eigenvalue weighted by Gasteiger charge is -2.28. The van der Waals surface area contributed by atoms with Gasteiger partial charge in [0.2, 0.25) is 0 Å². The number of ether oxygens (including phenoxy) is 3. The third kappa shape index (κ3) is 5.62. The minimum absolute atomic E-state index is 0.0354. The van der Waals surface area contributed by atoms with E-state index in [0.717, 1.165) is 38.1 Å². The summed E-state index contributed by atoms with van der Waals surface area (Å²) in [6, 6.07) is 11.6. The van der Waals surface area contributed by atoms with E-state index in [4.69, 9.17) is 14.2 Å². The standard InChI is InChI=1S/C22H26N2O6/c1-2-28-18-7-9-19(10-8-18)29-14-15-30-22(25)17-6-11-20(21(16-17)24(26)27)23-12-4-3-5-13-23/h6-11,16H,2-5,12-15H2,1H3. The van der Waals surface area contributed by atoms with Gasteiger partial charge in [-0.05, 0) is 62.6 Å². The van der Waals surface area contributed by atoms with E-state index in [1.165, 1.54) is 6.07 Å². The monoisotopic (exact) mass is 414 g/mol. The largest absolute Gasteiger partial charge is 0.494 e. The number of anilines is 1. The highest BCUT2D eigenvalue weighted by Crippen LogP contribution is 2.31. The smallest absolute Gasteiger partial charge is 0.338 e. The maximum atomic E-state index is 12.3. The highest BCUT2D eigenvalue weighted by atomic mass is 16.6. The summed E-state index contributed by atoms with van der Waals surface area (Å²) in [4.78, 5) is 25.4. The summed E-state index contributed by atoms with van der Waals surface area (Å²) in [6.45, 7) is 4.28. The fourth-order valence-electron chi connectivity index (χ4n) is 3.37. The van der Waals surface area contributed by atoms with Gasteiger partial charge in [0.1, 0.15) is 30.4 Å². The fourth-order valence-corrected chi connectivity index (χ4v) is 3.37. The number of nitro groups is 1. The molecular formula is C22H26N2O6. The number of carbonyl (C=O) groups is 1. The zero-order valence-corrected chi connectivity index (χ0v) is 17.0. The van der Waals surface area contributed by atoms with Gasteiger partial charge >= 0.3 is 5.97 Å². The molecule has 0 aromatic heterocycles. The average Bonchev–Trinajstić information content (AvgIpc) is 2.78. The molecule has 0 spiro atoms. The van der Waals surface area contributed by atoms with Crippen LogP contribution in [0.4, 0.5) is 11.4 Å². The van der Waals surface area contributed by atoms with Crippen molar-refractivity contribution in [2.75, 3.05) is 37.8 Å². The summed E-state index contributed by atoms with van der Waals surface area (Å²) < 4.78 is 16.1. The van der Waals surface area contributed by atoms with Crippen LogP contribution < -0.4 is 14.4 Å². The molecule has 0 aliphatic carbocycles. The van der Waals surface area contributed by atoms with Crippen molar-refractivity contribution in [3.05, 3.63) is 58.1 Å². The zero-order valence-electron chi connectivity index (χ0n) is 17.0. The Morgan fingerprint density at radius 2 is 1.67 bits per heavy atom. The molecule has 2 aromatic carbocycles. The molecule has 1 saturated heterocycles. The first-order valence-corrected chi connectivity index (χ1v) is 10.1. The van der Waals surface area contributed by atoms with Crippen LogP contribution in [-0.2, 0) is 4.74 Å². The third-order valence-electron chi connectivity index (χ3n) is 4.82. The van der Waals surface area contributed by atoms with E-state index in [1.54, 1.807) is 36.4 Å². The van der Waals surface area contributed by atoms with Gasteiger partial charge < -0.3 is 19.1 Å². The number of piperidine rings is 1. The molecule has 0 bridgehead atoms. The highest BCUT2D eigenvalue weighted by Gasteiger charge is 2.23. The second kappa shape index (κ2) is 10.5. The average molecular weight is 414 g/mol. The molecule has 0 N–H and O–H groups in total. The lowest BCUT2D eigenvalue weighted by Crippen LogP contribution is -2.30. The lowest BCUT2D eigenvalue weighted by molar-refractivity contribution is -0.384. The van der Waals surface area contributed by atoms with Gasteiger partial charge in [-0.1, -0.05) is 0 Å². The van der Waals surface area contributed by atoms with Gasteiger partial charge in [-0.25, -0.2) is 4.79 Å². The molecule has 0 unspecified atom stereocenters. The molecule has 1 heterocycles. The van der Waals surface area contributed by atoms with Gasteiger partial charge in [-0.15, -0.1) is 0 Å².